The summed E-state index contributed by atoms with van der Waals surface area (Å²) in [5.74, 6) is 0.522. The maximum atomic E-state index is 5.87. The molecule has 0 amide bonds. The van der Waals surface area contributed by atoms with Gasteiger partial charge in [0.25, 0.3) is 0 Å². The first-order valence-electron chi connectivity index (χ1n) is 5.97. The van der Waals surface area contributed by atoms with E-state index in [0.29, 0.717) is 5.95 Å². The molecule has 0 aliphatic heterocycles. The lowest BCUT2D eigenvalue weighted by Crippen LogP contribution is -2.07. The molecule has 17 heavy (non-hydrogen) atoms. The summed E-state index contributed by atoms with van der Waals surface area (Å²) in [4.78, 5) is 8.56. The molecule has 2 rings (SSSR count). The van der Waals surface area contributed by atoms with Crippen LogP contribution in [0.2, 0.25) is 0 Å². The van der Waals surface area contributed by atoms with E-state index in [1.165, 1.54) is 0 Å². The van der Waals surface area contributed by atoms with Crippen LogP contribution in [0.1, 0.15) is 19.8 Å². The van der Waals surface area contributed by atoms with Crippen molar-refractivity contribution in [2.45, 2.75) is 26.3 Å². The highest BCUT2D eigenvalue weighted by Gasteiger charge is 2.07. The summed E-state index contributed by atoms with van der Waals surface area (Å²) in [5, 5.41) is 0. The van der Waals surface area contributed by atoms with Crippen molar-refractivity contribution in [2.24, 2.45) is 0 Å². The molecule has 0 saturated carbocycles. The van der Waals surface area contributed by atoms with Crippen molar-refractivity contribution in [3.63, 3.8) is 0 Å². The Labute approximate surface area is 101 Å². The molecule has 5 nitrogen and oxygen atoms in total. The summed E-state index contributed by atoms with van der Waals surface area (Å²) in [6.45, 7) is 4.46. The lowest BCUT2D eigenvalue weighted by molar-refractivity contribution is 0.129. The maximum Gasteiger partial charge on any atom is 0.202 e. The van der Waals surface area contributed by atoms with Crippen LogP contribution in [0.3, 0.4) is 0 Å². The van der Waals surface area contributed by atoms with Crippen molar-refractivity contribution in [3.05, 3.63) is 18.3 Å². The summed E-state index contributed by atoms with van der Waals surface area (Å²) in [6, 6.07) is 3.78. The van der Waals surface area contributed by atoms with Gasteiger partial charge in [-0.3, -0.25) is 4.57 Å². The van der Waals surface area contributed by atoms with E-state index in [1.54, 1.807) is 6.20 Å². The molecule has 0 spiro atoms. The minimum Gasteiger partial charge on any atom is -0.381 e. The number of hydrogen-bond acceptors (Lipinski definition) is 4. The zero-order chi connectivity index (χ0) is 12.1. The Morgan fingerprint density at radius 2 is 2.29 bits per heavy atom. The van der Waals surface area contributed by atoms with Gasteiger partial charge in [0.1, 0.15) is 5.52 Å². The number of aromatic nitrogens is 3. The SMILES string of the molecule is CCCOCCCn1c(N)nc2cccnc21. The van der Waals surface area contributed by atoms with Crippen LogP contribution in [0.5, 0.6) is 0 Å². The predicted molar refractivity (Wildman–Crippen MR) is 67.7 cm³/mol. The Bertz CT molecular complexity index is 480. The second kappa shape index (κ2) is 5.63. The fourth-order valence-electron chi connectivity index (χ4n) is 1.77. The molecule has 2 aromatic rings. The van der Waals surface area contributed by atoms with Crippen LogP contribution in [-0.4, -0.2) is 27.7 Å². The zero-order valence-corrected chi connectivity index (χ0v) is 10.1. The standard InChI is InChI=1S/C12H18N4O/c1-2-8-17-9-4-7-16-11-10(15-12(16)13)5-3-6-14-11/h3,5-6H,2,4,7-9H2,1H3,(H2,13,15). The summed E-state index contributed by atoms with van der Waals surface area (Å²) >= 11 is 0. The maximum absolute atomic E-state index is 5.87. The molecule has 0 radical (unpaired) electrons. The van der Waals surface area contributed by atoms with E-state index in [9.17, 15) is 0 Å². The molecular weight excluding hydrogens is 216 g/mol. The first kappa shape index (κ1) is 11.9. The van der Waals surface area contributed by atoms with Gasteiger partial charge in [0, 0.05) is 26.0 Å². The zero-order valence-electron chi connectivity index (χ0n) is 10.1. The van der Waals surface area contributed by atoms with Gasteiger partial charge >= 0.3 is 0 Å². The largest absolute Gasteiger partial charge is 0.381 e. The van der Waals surface area contributed by atoms with E-state index < -0.39 is 0 Å². The number of imidazole rings is 1. The van der Waals surface area contributed by atoms with Crippen LogP contribution >= 0.6 is 0 Å². The van der Waals surface area contributed by atoms with Crippen LogP contribution < -0.4 is 5.73 Å². The Balaban J connectivity index is 2.00. The molecule has 2 heterocycles. The molecule has 2 aromatic heterocycles. The molecule has 0 bridgehead atoms. The van der Waals surface area contributed by atoms with E-state index in [1.807, 2.05) is 16.7 Å². The molecule has 0 aromatic carbocycles. The number of fused-ring (bicyclic) bond motifs is 1. The van der Waals surface area contributed by atoms with Crippen molar-refractivity contribution in [2.75, 3.05) is 18.9 Å². The molecule has 2 N–H and O–H groups in total. The fraction of sp³-hybridized carbons (Fsp3) is 0.500. The number of nitrogens with two attached hydrogens (primary N) is 1. The quantitative estimate of drug-likeness (QED) is 0.774. The number of hydrogen-bond donors (Lipinski definition) is 1. The number of anilines is 1. The van der Waals surface area contributed by atoms with Crippen LogP contribution in [0.25, 0.3) is 11.2 Å². The minimum absolute atomic E-state index is 0.522. The Morgan fingerprint density at radius 1 is 1.41 bits per heavy atom. The first-order chi connectivity index (χ1) is 8.33. The number of ether oxygens (including phenoxy) is 1. The van der Waals surface area contributed by atoms with Gasteiger partial charge in [0.2, 0.25) is 5.95 Å². The molecule has 0 atom stereocenters. The van der Waals surface area contributed by atoms with Gasteiger partial charge in [0.15, 0.2) is 5.65 Å². The fourth-order valence-corrected chi connectivity index (χ4v) is 1.77. The highest BCUT2D eigenvalue weighted by Crippen LogP contribution is 2.15. The molecule has 0 aliphatic carbocycles. The third-order valence-electron chi connectivity index (χ3n) is 2.55. The number of rotatable bonds is 6. The Kier molecular flexibility index (Phi) is 3.93. The van der Waals surface area contributed by atoms with Gasteiger partial charge in [-0.1, -0.05) is 6.92 Å². The first-order valence-corrected chi connectivity index (χ1v) is 5.97. The lowest BCUT2D eigenvalue weighted by atomic mass is 10.4. The van der Waals surface area contributed by atoms with Crippen molar-refractivity contribution in [3.8, 4) is 0 Å². The molecule has 0 fully saturated rings. The van der Waals surface area contributed by atoms with Crippen LogP contribution in [0.4, 0.5) is 5.95 Å². The number of nitrogens with zero attached hydrogens (tertiary/aromatic N) is 3. The van der Waals surface area contributed by atoms with E-state index in [2.05, 4.69) is 16.9 Å². The van der Waals surface area contributed by atoms with Crippen LogP contribution in [0.15, 0.2) is 18.3 Å². The van der Waals surface area contributed by atoms with Gasteiger partial charge in [0.05, 0.1) is 0 Å². The van der Waals surface area contributed by atoms with E-state index in [-0.39, 0.29) is 0 Å². The van der Waals surface area contributed by atoms with Gasteiger partial charge < -0.3 is 10.5 Å². The predicted octanol–water partition coefficient (Wildman–Crippen LogP) is 1.83. The third kappa shape index (κ3) is 2.74. The number of nitrogen functional groups attached to an aromatic ring is 1. The average Bonchev–Trinajstić information content (AvgIpc) is 2.65. The second-order valence-electron chi connectivity index (χ2n) is 3.93. The molecule has 5 heteroatoms. The second-order valence-corrected chi connectivity index (χ2v) is 3.93. The normalized spacial score (nSPS) is 11.1. The summed E-state index contributed by atoms with van der Waals surface area (Å²) in [5.41, 5.74) is 7.56. The number of pyridine rings is 1. The van der Waals surface area contributed by atoms with E-state index in [4.69, 9.17) is 10.5 Å². The van der Waals surface area contributed by atoms with E-state index >= 15 is 0 Å². The van der Waals surface area contributed by atoms with Crippen molar-refractivity contribution in [1.29, 1.82) is 0 Å². The van der Waals surface area contributed by atoms with Gasteiger partial charge in [-0.25, -0.2) is 9.97 Å². The third-order valence-corrected chi connectivity index (χ3v) is 2.55. The summed E-state index contributed by atoms with van der Waals surface area (Å²) < 4.78 is 7.37. The van der Waals surface area contributed by atoms with Gasteiger partial charge in [-0.2, -0.15) is 0 Å². The van der Waals surface area contributed by atoms with Crippen molar-refractivity contribution < 1.29 is 4.74 Å². The average molecular weight is 234 g/mol. The van der Waals surface area contributed by atoms with Gasteiger partial charge in [-0.15, -0.1) is 0 Å². The van der Waals surface area contributed by atoms with Crippen molar-refractivity contribution in [1.82, 2.24) is 14.5 Å². The van der Waals surface area contributed by atoms with Crippen molar-refractivity contribution >= 4 is 17.1 Å². The topological polar surface area (TPSA) is 66.0 Å². The van der Waals surface area contributed by atoms with E-state index in [0.717, 1.165) is 43.8 Å². The molecule has 92 valence electrons. The van der Waals surface area contributed by atoms with Gasteiger partial charge in [-0.05, 0) is 25.0 Å². The molecule has 0 saturated heterocycles. The Morgan fingerprint density at radius 3 is 3.12 bits per heavy atom. The molecule has 0 unspecified atom stereocenters. The molecule has 0 aliphatic rings. The highest BCUT2D eigenvalue weighted by molar-refractivity contribution is 5.73. The van der Waals surface area contributed by atoms with Crippen LogP contribution in [0, 0.1) is 0 Å². The molecular formula is C12H18N4O. The minimum atomic E-state index is 0.522. The Hall–Kier alpha value is -1.62. The van der Waals surface area contributed by atoms with Crippen LogP contribution in [-0.2, 0) is 11.3 Å². The monoisotopic (exact) mass is 234 g/mol. The smallest absolute Gasteiger partial charge is 0.202 e. The highest BCUT2D eigenvalue weighted by atomic mass is 16.5. The summed E-state index contributed by atoms with van der Waals surface area (Å²) in [7, 11) is 0. The number of aryl methyl sites for hydroxylation is 1. The lowest BCUT2D eigenvalue weighted by Gasteiger charge is -2.06. The summed E-state index contributed by atoms with van der Waals surface area (Å²) in [6.07, 6.45) is 3.73.